The van der Waals surface area contributed by atoms with E-state index in [1.165, 1.54) is 29.7 Å². The summed E-state index contributed by atoms with van der Waals surface area (Å²) in [5, 5.41) is 2.64. The molecule has 3 aromatic rings. The van der Waals surface area contributed by atoms with Crippen molar-refractivity contribution in [2.45, 2.75) is 37.1 Å². The highest BCUT2D eigenvalue weighted by Gasteiger charge is 2.41. The number of nitrogens with zero attached hydrogens (tertiary/aromatic N) is 4. The van der Waals surface area contributed by atoms with E-state index in [0.29, 0.717) is 23.8 Å². The number of piperazine rings is 1. The first-order chi connectivity index (χ1) is 18.1. The average molecular weight is 576 g/mol. The summed E-state index contributed by atoms with van der Waals surface area (Å²) in [5.41, 5.74) is 1.86. The van der Waals surface area contributed by atoms with Crippen LogP contribution >= 0.6 is 22.9 Å². The van der Waals surface area contributed by atoms with Crippen LogP contribution in [0.25, 0.3) is 0 Å². The topological polar surface area (TPSA) is 103 Å². The molecule has 0 unspecified atom stereocenters. The lowest BCUT2D eigenvalue weighted by atomic mass is 9.93. The van der Waals surface area contributed by atoms with Crippen LogP contribution < -0.4 is 14.5 Å². The van der Waals surface area contributed by atoms with Crippen LogP contribution in [0.2, 0.25) is 5.02 Å². The summed E-state index contributed by atoms with van der Waals surface area (Å²) in [6.45, 7) is 5.18. The molecule has 1 N–H and O–H groups in total. The summed E-state index contributed by atoms with van der Waals surface area (Å²) >= 11 is 7.38. The first-order valence-corrected chi connectivity index (χ1v) is 15.0. The van der Waals surface area contributed by atoms with Gasteiger partial charge in [0.1, 0.15) is 12.1 Å². The summed E-state index contributed by atoms with van der Waals surface area (Å²) in [4.78, 5) is 36.1. The van der Waals surface area contributed by atoms with Crippen LogP contribution in [-0.2, 0) is 26.0 Å². The van der Waals surface area contributed by atoms with Gasteiger partial charge in [0.25, 0.3) is 10.0 Å². The van der Waals surface area contributed by atoms with E-state index >= 15 is 0 Å². The molecule has 202 valence electrons. The molecule has 2 aliphatic heterocycles. The largest absolute Gasteiger partial charge is 0.357 e. The molecular formula is C26H30ClN5O4S2. The SMILES string of the molecule is CC(C)(C(=O)N1CCN(c2ccc(S(=O)(=O)Nc3nccs3)cc2)C(=O)C1)N1CCCc2cc(Cl)ccc21.[HH]. The Hall–Kier alpha value is -3.15. The van der Waals surface area contributed by atoms with Crippen LogP contribution in [-0.4, -0.2) is 61.8 Å². The Morgan fingerprint density at radius 1 is 1.13 bits per heavy atom. The molecule has 9 nitrogen and oxygen atoms in total. The number of carbonyl (C=O) groups is 2. The third-order valence-electron chi connectivity index (χ3n) is 6.98. The summed E-state index contributed by atoms with van der Waals surface area (Å²) in [6, 6.07) is 11.9. The van der Waals surface area contributed by atoms with Crippen LogP contribution in [0.1, 0.15) is 27.3 Å². The first kappa shape index (κ1) is 26.5. The van der Waals surface area contributed by atoms with Crippen molar-refractivity contribution in [1.82, 2.24) is 9.88 Å². The molecule has 1 fully saturated rings. The molecule has 0 radical (unpaired) electrons. The third kappa shape index (κ3) is 5.10. The Labute approximate surface area is 232 Å². The van der Waals surface area contributed by atoms with Crippen molar-refractivity contribution < 1.29 is 19.4 Å². The zero-order valence-corrected chi connectivity index (χ0v) is 23.4. The van der Waals surface area contributed by atoms with Gasteiger partial charge >= 0.3 is 0 Å². The molecule has 0 saturated carbocycles. The van der Waals surface area contributed by atoms with E-state index < -0.39 is 15.6 Å². The quantitative estimate of drug-likeness (QED) is 0.471. The van der Waals surface area contributed by atoms with Gasteiger partial charge in [-0.2, -0.15) is 0 Å². The molecule has 12 heteroatoms. The number of benzene rings is 2. The van der Waals surface area contributed by atoms with E-state index in [1.807, 2.05) is 32.0 Å². The zero-order chi connectivity index (χ0) is 27.1. The molecule has 0 atom stereocenters. The van der Waals surface area contributed by atoms with Crippen molar-refractivity contribution >= 4 is 61.3 Å². The lowest BCUT2D eigenvalue weighted by Gasteiger charge is -2.46. The van der Waals surface area contributed by atoms with E-state index in [0.717, 1.165) is 30.6 Å². The molecule has 1 aromatic heterocycles. The number of hydrogen-bond acceptors (Lipinski definition) is 7. The lowest BCUT2D eigenvalue weighted by molar-refractivity contribution is -0.140. The van der Waals surface area contributed by atoms with Crippen LogP contribution in [0.15, 0.2) is 58.9 Å². The molecule has 38 heavy (non-hydrogen) atoms. The van der Waals surface area contributed by atoms with Gasteiger partial charge in [0, 0.05) is 49.0 Å². The number of sulfonamides is 1. The van der Waals surface area contributed by atoms with Crippen LogP contribution in [0.3, 0.4) is 0 Å². The normalized spacial score (nSPS) is 16.4. The summed E-state index contributed by atoms with van der Waals surface area (Å²) < 4.78 is 27.7. The summed E-state index contributed by atoms with van der Waals surface area (Å²) in [7, 11) is -3.79. The van der Waals surface area contributed by atoms with Gasteiger partial charge in [-0.15, -0.1) is 11.3 Å². The maximum atomic E-state index is 13.7. The van der Waals surface area contributed by atoms with Crippen molar-refractivity contribution in [3.05, 3.63) is 64.6 Å². The van der Waals surface area contributed by atoms with Crippen molar-refractivity contribution in [2.24, 2.45) is 0 Å². The number of aryl methyl sites for hydroxylation is 1. The van der Waals surface area contributed by atoms with Crippen LogP contribution in [0.5, 0.6) is 0 Å². The molecular weight excluding hydrogens is 546 g/mol. The fraction of sp³-hybridized carbons (Fsp3) is 0.346. The predicted octanol–water partition coefficient (Wildman–Crippen LogP) is 4.25. The fourth-order valence-corrected chi connectivity index (χ4v) is 7.00. The molecule has 2 amide bonds. The van der Waals surface area contributed by atoms with Gasteiger partial charge in [0.15, 0.2) is 5.13 Å². The molecule has 0 bridgehead atoms. The molecule has 0 spiro atoms. The molecule has 0 aliphatic carbocycles. The summed E-state index contributed by atoms with van der Waals surface area (Å²) in [5.74, 6) is -0.328. The Morgan fingerprint density at radius 2 is 1.89 bits per heavy atom. The highest BCUT2D eigenvalue weighted by atomic mass is 35.5. The highest BCUT2D eigenvalue weighted by Crippen LogP contribution is 2.35. The standard InChI is InChI=1S/C26H28ClN5O4S2.H2/c1-26(2,32-12-3-4-18-16-19(27)5-10-22(18)32)24(34)30-13-14-31(23(33)17-30)20-6-8-21(9-7-20)38(35,36)29-25-28-11-15-37-25;/h5-11,15-16H,3-4,12-14,17H2,1-2H3,(H,28,29);1H. The highest BCUT2D eigenvalue weighted by molar-refractivity contribution is 7.93. The van der Waals surface area contributed by atoms with E-state index in [9.17, 15) is 18.0 Å². The maximum absolute atomic E-state index is 13.7. The number of aromatic nitrogens is 1. The van der Waals surface area contributed by atoms with Gasteiger partial charge in [0.05, 0.1) is 4.90 Å². The number of carbonyl (C=O) groups excluding carboxylic acids is 2. The fourth-order valence-electron chi connectivity index (χ4n) is 5.02. The smallest absolute Gasteiger partial charge is 0.263 e. The number of nitrogens with one attached hydrogen (secondary N) is 1. The molecule has 2 aliphatic rings. The Balaban J connectivity index is 0.00000353. The maximum Gasteiger partial charge on any atom is 0.263 e. The van der Waals surface area contributed by atoms with Crippen LogP contribution in [0, 0.1) is 0 Å². The monoisotopic (exact) mass is 575 g/mol. The number of halogens is 1. The van der Waals surface area contributed by atoms with Crippen molar-refractivity contribution in [2.75, 3.05) is 40.7 Å². The zero-order valence-electron chi connectivity index (χ0n) is 21.1. The number of rotatable bonds is 6. The van der Waals surface area contributed by atoms with Gasteiger partial charge in [-0.05, 0) is 74.7 Å². The van der Waals surface area contributed by atoms with Gasteiger partial charge in [0.2, 0.25) is 11.8 Å². The predicted molar refractivity (Wildman–Crippen MR) is 152 cm³/mol. The Bertz CT molecular complexity index is 1470. The van der Waals surface area contributed by atoms with Gasteiger partial charge in [-0.3, -0.25) is 14.3 Å². The second kappa shape index (κ2) is 10.2. The van der Waals surface area contributed by atoms with Crippen molar-refractivity contribution in [3.8, 4) is 0 Å². The number of amides is 2. The third-order valence-corrected chi connectivity index (χ3v) is 9.39. The van der Waals surface area contributed by atoms with Crippen molar-refractivity contribution in [1.29, 1.82) is 0 Å². The van der Waals surface area contributed by atoms with Gasteiger partial charge in [-0.1, -0.05) is 11.6 Å². The minimum atomic E-state index is -3.79. The average Bonchev–Trinajstić information content (AvgIpc) is 3.40. The second-order valence-corrected chi connectivity index (χ2v) is 12.8. The minimum Gasteiger partial charge on any atom is -0.357 e. The number of fused-ring (bicyclic) bond motifs is 1. The summed E-state index contributed by atoms with van der Waals surface area (Å²) in [6.07, 6.45) is 3.35. The number of hydrogen-bond donors (Lipinski definition) is 1. The molecule has 3 heterocycles. The van der Waals surface area contributed by atoms with E-state index in [-0.39, 0.29) is 29.8 Å². The first-order valence-electron chi connectivity index (χ1n) is 12.2. The molecule has 1 saturated heterocycles. The van der Waals surface area contributed by atoms with Crippen molar-refractivity contribution in [3.63, 3.8) is 0 Å². The van der Waals surface area contributed by atoms with E-state index in [2.05, 4.69) is 14.6 Å². The Kier molecular flexibility index (Phi) is 7.10. The molecule has 5 rings (SSSR count). The number of thiazole rings is 1. The van der Waals surface area contributed by atoms with Crippen LogP contribution in [0.4, 0.5) is 16.5 Å². The van der Waals surface area contributed by atoms with E-state index in [1.54, 1.807) is 27.3 Å². The second-order valence-electron chi connectivity index (χ2n) is 9.80. The lowest BCUT2D eigenvalue weighted by Crippen LogP contribution is -2.62. The minimum absolute atomic E-state index is 0. The Morgan fingerprint density at radius 3 is 2.58 bits per heavy atom. The van der Waals surface area contributed by atoms with Gasteiger partial charge < -0.3 is 14.7 Å². The number of anilines is 3. The molecule has 2 aromatic carbocycles. The van der Waals surface area contributed by atoms with Gasteiger partial charge in [-0.25, -0.2) is 13.4 Å². The van der Waals surface area contributed by atoms with E-state index in [4.69, 9.17) is 11.6 Å².